The Hall–Kier alpha value is -1.97. The van der Waals surface area contributed by atoms with Crippen molar-refractivity contribution in [1.82, 2.24) is 4.57 Å². The Bertz CT molecular complexity index is 611. The summed E-state index contributed by atoms with van der Waals surface area (Å²) in [7, 11) is 1.62. The van der Waals surface area contributed by atoms with E-state index in [9.17, 15) is 9.90 Å². The normalized spacial score (nSPS) is 14.9. The molecule has 4 nitrogen and oxygen atoms in total. The number of rotatable bonds is 4. The van der Waals surface area contributed by atoms with E-state index in [1.54, 1.807) is 19.4 Å². The zero-order chi connectivity index (χ0) is 12.7. The van der Waals surface area contributed by atoms with Crippen LogP contribution in [0.15, 0.2) is 24.4 Å². The Labute approximate surface area is 105 Å². The Morgan fingerprint density at radius 1 is 1.50 bits per heavy atom. The van der Waals surface area contributed by atoms with Crippen LogP contribution in [0.1, 0.15) is 23.2 Å². The SMILES string of the molecule is COc1ccc2c(C(=O)O)cn(CC3CC3)c2c1. The minimum atomic E-state index is -0.875. The number of hydrogen-bond donors (Lipinski definition) is 1. The molecule has 1 saturated carbocycles. The predicted molar refractivity (Wildman–Crippen MR) is 68.2 cm³/mol. The zero-order valence-electron chi connectivity index (χ0n) is 10.2. The molecule has 0 spiro atoms. The lowest BCUT2D eigenvalue weighted by Crippen LogP contribution is -1.98. The maximum atomic E-state index is 11.2. The van der Waals surface area contributed by atoms with Crippen LogP contribution < -0.4 is 4.74 Å². The van der Waals surface area contributed by atoms with Gasteiger partial charge in [-0.15, -0.1) is 0 Å². The number of aromatic carboxylic acids is 1. The van der Waals surface area contributed by atoms with Crippen molar-refractivity contribution in [3.8, 4) is 5.75 Å². The Kier molecular flexibility index (Phi) is 2.51. The molecule has 1 aromatic heterocycles. The third-order valence-corrected chi connectivity index (χ3v) is 3.47. The van der Waals surface area contributed by atoms with E-state index in [0.717, 1.165) is 23.2 Å². The molecule has 0 bridgehead atoms. The van der Waals surface area contributed by atoms with E-state index >= 15 is 0 Å². The molecule has 0 atom stereocenters. The molecular formula is C14H15NO3. The molecule has 0 aliphatic heterocycles. The molecule has 94 valence electrons. The minimum absolute atomic E-state index is 0.369. The monoisotopic (exact) mass is 245 g/mol. The summed E-state index contributed by atoms with van der Waals surface area (Å²) in [5.74, 6) is 0.586. The van der Waals surface area contributed by atoms with Gasteiger partial charge in [-0.2, -0.15) is 0 Å². The maximum absolute atomic E-state index is 11.2. The predicted octanol–water partition coefficient (Wildman–Crippen LogP) is 2.76. The Morgan fingerprint density at radius 2 is 2.28 bits per heavy atom. The first kappa shape index (κ1) is 11.1. The first-order valence-corrected chi connectivity index (χ1v) is 6.09. The van der Waals surface area contributed by atoms with Crippen molar-refractivity contribution < 1.29 is 14.6 Å². The molecule has 1 fully saturated rings. The van der Waals surface area contributed by atoms with E-state index in [-0.39, 0.29) is 0 Å². The van der Waals surface area contributed by atoms with Gasteiger partial charge in [0.15, 0.2) is 0 Å². The van der Waals surface area contributed by atoms with Gasteiger partial charge in [-0.3, -0.25) is 0 Å². The van der Waals surface area contributed by atoms with Crippen molar-refractivity contribution in [3.05, 3.63) is 30.0 Å². The van der Waals surface area contributed by atoms with Crippen LogP contribution in [0.25, 0.3) is 10.9 Å². The van der Waals surface area contributed by atoms with Crippen LogP contribution in [0.2, 0.25) is 0 Å². The fourth-order valence-electron chi connectivity index (χ4n) is 2.30. The summed E-state index contributed by atoms with van der Waals surface area (Å²) in [6.07, 6.45) is 4.23. The van der Waals surface area contributed by atoms with Crippen LogP contribution >= 0.6 is 0 Å². The van der Waals surface area contributed by atoms with Gasteiger partial charge in [0.25, 0.3) is 0 Å². The number of methoxy groups -OCH3 is 1. The summed E-state index contributed by atoms with van der Waals surface area (Å²) in [5.41, 5.74) is 1.31. The lowest BCUT2D eigenvalue weighted by molar-refractivity contribution is 0.0698. The number of carboxylic acids is 1. The molecule has 0 amide bonds. The standard InChI is InChI=1S/C14H15NO3/c1-18-10-4-5-11-12(14(16)17)8-15(13(11)6-10)7-9-2-3-9/h4-6,8-9H,2-3,7H2,1H3,(H,16,17). The molecule has 2 aromatic rings. The van der Waals surface area contributed by atoms with Gasteiger partial charge in [-0.25, -0.2) is 4.79 Å². The fraction of sp³-hybridized carbons (Fsp3) is 0.357. The number of carbonyl (C=O) groups is 1. The third kappa shape index (κ3) is 1.83. The Balaban J connectivity index is 2.15. The van der Waals surface area contributed by atoms with E-state index in [1.165, 1.54) is 12.8 Å². The van der Waals surface area contributed by atoms with Crippen molar-refractivity contribution in [3.63, 3.8) is 0 Å². The van der Waals surface area contributed by atoms with Crippen molar-refractivity contribution >= 4 is 16.9 Å². The van der Waals surface area contributed by atoms with Crippen LogP contribution in [0, 0.1) is 5.92 Å². The van der Waals surface area contributed by atoms with E-state index in [0.29, 0.717) is 11.5 Å². The number of nitrogens with zero attached hydrogens (tertiary/aromatic N) is 1. The van der Waals surface area contributed by atoms with Gasteiger partial charge in [-0.05, 0) is 30.9 Å². The van der Waals surface area contributed by atoms with Crippen molar-refractivity contribution in [2.45, 2.75) is 19.4 Å². The highest BCUT2D eigenvalue weighted by Gasteiger charge is 2.24. The van der Waals surface area contributed by atoms with Gasteiger partial charge in [-0.1, -0.05) is 0 Å². The number of fused-ring (bicyclic) bond motifs is 1. The molecule has 0 radical (unpaired) electrons. The zero-order valence-corrected chi connectivity index (χ0v) is 10.2. The summed E-state index contributed by atoms with van der Waals surface area (Å²) in [5, 5.41) is 10.0. The molecule has 1 aromatic carbocycles. The molecule has 3 rings (SSSR count). The summed E-state index contributed by atoms with van der Waals surface area (Å²) < 4.78 is 7.25. The van der Waals surface area contributed by atoms with Gasteiger partial charge >= 0.3 is 5.97 Å². The second-order valence-electron chi connectivity index (χ2n) is 4.83. The molecule has 4 heteroatoms. The van der Waals surface area contributed by atoms with Crippen molar-refractivity contribution in [2.24, 2.45) is 5.92 Å². The fourth-order valence-corrected chi connectivity index (χ4v) is 2.30. The second kappa shape index (κ2) is 4.05. The van der Waals surface area contributed by atoms with Gasteiger partial charge < -0.3 is 14.4 Å². The molecule has 0 unspecified atom stereocenters. The van der Waals surface area contributed by atoms with Gasteiger partial charge in [0.1, 0.15) is 5.75 Å². The largest absolute Gasteiger partial charge is 0.497 e. The molecule has 1 aliphatic rings. The number of carboxylic acid groups (broad SMARTS) is 1. The van der Waals surface area contributed by atoms with Crippen LogP contribution in [0.3, 0.4) is 0 Å². The van der Waals surface area contributed by atoms with Gasteiger partial charge in [0.2, 0.25) is 0 Å². The lowest BCUT2D eigenvalue weighted by Gasteiger charge is -2.05. The number of aromatic nitrogens is 1. The topological polar surface area (TPSA) is 51.5 Å². The third-order valence-electron chi connectivity index (χ3n) is 3.47. The van der Waals surface area contributed by atoms with Crippen LogP contribution in [0.4, 0.5) is 0 Å². The highest BCUT2D eigenvalue weighted by molar-refractivity contribution is 6.03. The van der Waals surface area contributed by atoms with E-state index in [1.807, 2.05) is 16.7 Å². The van der Waals surface area contributed by atoms with Gasteiger partial charge in [0, 0.05) is 24.2 Å². The minimum Gasteiger partial charge on any atom is -0.497 e. The summed E-state index contributed by atoms with van der Waals surface area (Å²) in [6, 6.07) is 5.53. The smallest absolute Gasteiger partial charge is 0.337 e. The first-order valence-electron chi connectivity index (χ1n) is 6.09. The number of benzene rings is 1. The summed E-state index contributed by atoms with van der Waals surface area (Å²) in [4.78, 5) is 11.2. The summed E-state index contributed by atoms with van der Waals surface area (Å²) in [6.45, 7) is 0.900. The first-order chi connectivity index (χ1) is 8.69. The van der Waals surface area contributed by atoms with Crippen molar-refractivity contribution in [1.29, 1.82) is 0 Å². The molecule has 18 heavy (non-hydrogen) atoms. The highest BCUT2D eigenvalue weighted by atomic mass is 16.5. The second-order valence-corrected chi connectivity index (χ2v) is 4.83. The molecule has 1 aliphatic carbocycles. The Morgan fingerprint density at radius 3 is 2.89 bits per heavy atom. The maximum Gasteiger partial charge on any atom is 0.337 e. The van der Waals surface area contributed by atoms with Crippen molar-refractivity contribution in [2.75, 3.05) is 7.11 Å². The average molecular weight is 245 g/mol. The molecular weight excluding hydrogens is 230 g/mol. The van der Waals surface area contributed by atoms with E-state index in [2.05, 4.69) is 0 Å². The molecule has 0 saturated heterocycles. The highest BCUT2D eigenvalue weighted by Crippen LogP contribution is 2.33. The van der Waals surface area contributed by atoms with E-state index in [4.69, 9.17) is 4.74 Å². The quantitative estimate of drug-likeness (QED) is 0.901. The number of hydrogen-bond acceptors (Lipinski definition) is 2. The van der Waals surface area contributed by atoms with Crippen LogP contribution in [0.5, 0.6) is 5.75 Å². The summed E-state index contributed by atoms with van der Waals surface area (Å²) >= 11 is 0. The lowest BCUT2D eigenvalue weighted by atomic mass is 10.2. The molecule has 1 heterocycles. The van der Waals surface area contributed by atoms with Crippen LogP contribution in [-0.2, 0) is 6.54 Å². The molecule has 1 N–H and O–H groups in total. The van der Waals surface area contributed by atoms with Gasteiger partial charge in [0.05, 0.1) is 18.2 Å². The average Bonchev–Trinajstić information content (AvgIpc) is 3.10. The van der Waals surface area contributed by atoms with Crippen LogP contribution in [-0.4, -0.2) is 22.8 Å². The number of ether oxygens (including phenoxy) is 1. The van der Waals surface area contributed by atoms with E-state index < -0.39 is 5.97 Å².